The van der Waals surface area contributed by atoms with E-state index in [-0.39, 0.29) is 36.5 Å². The van der Waals surface area contributed by atoms with Gasteiger partial charge in [-0.15, -0.1) is 0 Å². The first-order valence-electron chi connectivity index (χ1n) is 7.67. The highest BCUT2D eigenvalue weighted by molar-refractivity contribution is 5.69. The Balaban J connectivity index is 2.44. The molecule has 0 aromatic rings. The van der Waals surface area contributed by atoms with Crippen molar-refractivity contribution in [2.75, 3.05) is 13.7 Å². The van der Waals surface area contributed by atoms with Gasteiger partial charge in [-0.1, -0.05) is 12.2 Å². The molecule has 0 unspecified atom stereocenters. The van der Waals surface area contributed by atoms with Crippen LogP contribution in [-0.4, -0.2) is 48.1 Å². The molecule has 126 valence electrons. The fraction of sp³-hybridized carbons (Fsp3) is 0.750. The lowest BCUT2D eigenvalue weighted by Gasteiger charge is -2.22. The van der Waals surface area contributed by atoms with Crippen LogP contribution in [0.1, 0.15) is 39.0 Å². The number of aliphatic hydroxyl groups is 2. The van der Waals surface area contributed by atoms with Crippen molar-refractivity contribution in [3.8, 4) is 0 Å². The van der Waals surface area contributed by atoms with E-state index in [9.17, 15) is 19.8 Å². The summed E-state index contributed by atoms with van der Waals surface area (Å²) in [5, 5.41) is 19.4. The van der Waals surface area contributed by atoms with E-state index in [1.54, 1.807) is 0 Å². The van der Waals surface area contributed by atoms with Crippen LogP contribution in [0.4, 0.5) is 0 Å². The Morgan fingerprint density at radius 1 is 1.27 bits per heavy atom. The average molecular weight is 314 g/mol. The maximum atomic E-state index is 11.1. The van der Waals surface area contributed by atoms with E-state index in [1.807, 2.05) is 12.2 Å². The minimum Gasteiger partial charge on any atom is -0.469 e. The summed E-state index contributed by atoms with van der Waals surface area (Å²) in [7, 11) is 1.37. The molecule has 1 saturated carbocycles. The topological polar surface area (TPSA) is 93.1 Å². The van der Waals surface area contributed by atoms with Gasteiger partial charge in [0, 0.05) is 38.2 Å². The third-order valence-electron chi connectivity index (χ3n) is 4.08. The highest BCUT2D eigenvalue weighted by atomic mass is 16.5. The number of allylic oxidation sites excluding steroid dienone is 2. The molecule has 0 aromatic carbocycles. The zero-order valence-electron chi connectivity index (χ0n) is 13.2. The summed E-state index contributed by atoms with van der Waals surface area (Å²) in [5.41, 5.74) is 0. The Bertz CT molecular complexity index is 392. The molecule has 0 saturated heterocycles. The molecule has 0 aliphatic heterocycles. The molecule has 4 atom stereocenters. The van der Waals surface area contributed by atoms with E-state index in [0.717, 1.165) is 6.42 Å². The second-order valence-electron chi connectivity index (χ2n) is 5.64. The van der Waals surface area contributed by atoms with E-state index >= 15 is 0 Å². The highest BCUT2D eigenvalue weighted by Gasteiger charge is 2.43. The lowest BCUT2D eigenvalue weighted by Crippen LogP contribution is -2.27. The van der Waals surface area contributed by atoms with Gasteiger partial charge < -0.3 is 19.7 Å². The molecule has 22 heavy (non-hydrogen) atoms. The SMILES string of the molecule is COC(=O)CCC/C=C\C[C@@H]1[C@@H](CO)[C@H](O)C[C@@H]1OC(C)=O. The summed E-state index contributed by atoms with van der Waals surface area (Å²) in [4.78, 5) is 22.1. The zero-order valence-corrected chi connectivity index (χ0v) is 13.2. The van der Waals surface area contributed by atoms with E-state index in [0.29, 0.717) is 25.7 Å². The van der Waals surface area contributed by atoms with Gasteiger partial charge in [-0.25, -0.2) is 0 Å². The second kappa shape index (κ2) is 9.58. The molecule has 0 spiro atoms. The van der Waals surface area contributed by atoms with Gasteiger partial charge in [0.1, 0.15) is 6.10 Å². The van der Waals surface area contributed by atoms with E-state index in [1.165, 1.54) is 14.0 Å². The third kappa shape index (κ3) is 5.77. The number of unbranched alkanes of at least 4 members (excludes halogenated alkanes) is 1. The van der Waals surface area contributed by atoms with Gasteiger partial charge >= 0.3 is 11.9 Å². The second-order valence-corrected chi connectivity index (χ2v) is 5.64. The largest absolute Gasteiger partial charge is 0.469 e. The number of aliphatic hydroxyl groups excluding tert-OH is 2. The number of hydrogen-bond donors (Lipinski definition) is 2. The number of rotatable bonds is 8. The molecule has 0 radical (unpaired) electrons. The number of hydrogen-bond acceptors (Lipinski definition) is 6. The molecular weight excluding hydrogens is 288 g/mol. The van der Waals surface area contributed by atoms with Crippen molar-refractivity contribution in [2.45, 2.75) is 51.2 Å². The van der Waals surface area contributed by atoms with E-state index in [2.05, 4.69) is 4.74 Å². The first-order valence-corrected chi connectivity index (χ1v) is 7.67. The first kappa shape index (κ1) is 18.6. The number of ether oxygens (including phenoxy) is 2. The predicted octanol–water partition coefficient (Wildman–Crippen LogP) is 1.20. The Morgan fingerprint density at radius 3 is 2.59 bits per heavy atom. The number of esters is 2. The molecular formula is C16H26O6. The standard InChI is InChI=1S/C16H26O6/c1-11(18)22-15-9-14(19)13(10-17)12(15)7-5-3-4-6-8-16(20)21-2/h3,5,12-15,17,19H,4,6-10H2,1-2H3/b5-3-/t12-,13-,14-,15+/m1/s1. The van der Waals surface area contributed by atoms with Crippen LogP contribution in [0.15, 0.2) is 12.2 Å². The van der Waals surface area contributed by atoms with Crippen molar-refractivity contribution in [2.24, 2.45) is 11.8 Å². The molecule has 6 heteroatoms. The van der Waals surface area contributed by atoms with Crippen LogP contribution in [0, 0.1) is 11.8 Å². The van der Waals surface area contributed by atoms with Crippen LogP contribution in [0.3, 0.4) is 0 Å². The van der Waals surface area contributed by atoms with Gasteiger partial charge in [-0.2, -0.15) is 0 Å². The van der Waals surface area contributed by atoms with Gasteiger partial charge in [0.2, 0.25) is 0 Å². The van der Waals surface area contributed by atoms with Crippen molar-refractivity contribution in [3.63, 3.8) is 0 Å². The highest BCUT2D eigenvalue weighted by Crippen LogP contribution is 2.37. The summed E-state index contributed by atoms with van der Waals surface area (Å²) >= 11 is 0. The maximum absolute atomic E-state index is 11.1. The summed E-state index contributed by atoms with van der Waals surface area (Å²) in [5.74, 6) is -0.949. The van der Waals surface area contributed by atoms with Gasteiger partial charge in [0.05, 0.1) is 13.2 Å². The third-order valence-corrected chi connectivity index (χ3v) is 4.08. The number of methoxy groups -OCH3 is 1. The van der Waals surface area contributed by atoms with Crippen LogP contribution in [0.2, 0.25) is 0 Å². The fourth-order valence-electron chi connectivity index (χ4n) is 2.92. The Labute approximate surface area is 131 Å². The van der Waals surface area contributed by atoms with Crippen molar-refractivity contribution in [1.82, 2.24) is 0 Å². The fourth-order valence-corrected chi connectivity index (χ4v) is 2.92. The molecule has 0 heterocycles. The number of carbonyl (C=O) groups is 2. The molecule has 1 rings (SSSR count). The number of carbonyl (C=O) groups excluding carboxylic acids is 2. The lowest BCUT2D eigenvalue weighted by atomic mass is 9.91. The molecule has 0 bridgehead atoms. The molecule has 1 fully saturated rings. The first-order chi connectivity index (χ1) is 10.5. The Kier molecular flexibility index (Phi) is 8.12. The van der Waals surface area contributed by atoms with Crippen molar-refractivity contribution < 1.29 is 29.3 Å². The minimum atomic E-state index is -0.646. The zero-order chi connectivity index (χ0) is 16.5. The van der Waals surface area contributed by atoms with E-state index in [4.69, 9.17) is 4.74 Å². The van der Waals surface area contributed by atoms with Crippen LogP contribution >= 0.6 is 0 Å². The maximum Gasteiger partial charge on any atom is 0.305 e. The summed E-state index contributed by atoms with van der Waals surface area (Å²) in [6.45, 7) is 1.22. The van der Waals surface area contributed by atoms with Crippen molar-refractivity contribution in [1.29, 1.82) is 0 Å². The minimum absolute atomic E-state index is 0.0826. The Hall–Kier alpha value is -1.40. The van der Waals surface area contributed by atoms with Crippen LogP contribution < -0.4 is 0 Å². The quantitative estimate of drug-likeness (QED) is 0.397. The molecule has 0 aromatic heterocycles. The van der Waals surface area contributed by atoms with Gasteiger partial charge in [-0.3, -0.25) is 9.59 Å². The van der Waals surface area contributed by atoms with Gasteiger partial charge in [0.15, 0.2) is 0 Å². The van der Waals surface area contributed by atoms with Gasteiger partial charge in [0.25, 0.3) is 0 Å². The lowest BCUT2D eigenvalue weighted by molar-refractivity contribution is -0.148. The molecule has 6 nitrogen and oxygen atoms in total. The van der Waals surface area contributed by atoms with Crippen LogP contribution in [0.5, 0.6) is 0 Å². The summed E-state index contributed by atoms with van der Waals surface area (Å²) < 4.78 is 9.81. The Morgan fingerprint density at radius 2 is 2.00 bits per heavy atom. The van der Waals surface area contributed by atoms with Crippen LogP contribution in [0.25, 0.3) is 0 Å². The monoisotopic (exact) mass is 314 g/mol. The smallest absolute Gasteiger partial charge is 0.305 e. The average Bonchev–Trinajstić information content (AvgIpc) is 2.76. The normalized spacial score (nSPS) is 28.0. The van der Waals surface area contributed by atoms with Crippen molar-refractivity contribution >= 4 is 11.9 Å². The van der Waals surface area contributed by atoms with Crippen LogP contribution in [-0.2, 0) is 19.1 Å². The van der Waals surface area contributed by atoms with E-state index < -0.39 is 6.10 Å². The van der Waals surface area contributed by atoms with Gasteiger partial charge in [-0.05, 0) is 19.3 Å². The summed E-state index contributed by atoms with van der Waals surface area (Å²) in [6.07, 6.45) is 5.77. The molecule has 1 aliphatic rings. The molecule has 1 aliphatic carbocycles. The predicted molar refractivity (Wildman–Crippen MR) is 79.9 cm³/mol. The summed E-state index contributed by atoms with van der Waals surface area (Å²) in [6, 6.07) is 0. The molecule has 2 N–H and O–H groups in total. The molecule has 0 amide bonds. The van der Waals surface area contributed by atoms with Crippen molar-refractivity contribution in [3.05, 3.63) is 12.2 Å².